The maximum Gasteiger partial charge on any atom is 0.253 e. The zero-order valence-corrected chi connectivity index (χ0v) is 15.7. The number of nitrogens with zero attached hydrogens (tertiary/aromatic N) is 2. The van der Waals surface area contributed by atoms with Crippen molar-refractivity contribution in [2.24, 2.45) is 10.7 Å². The topological polar surface area (TPSA) is 58.7 Å². The number of rotatable bonds is 3. The van der Waals surface area contributed by atoms with E-state index in [0.717, 1.165) is 42.8 Å². The van der Waals surface area contributed by atoms with Crippen LogP contribution in [0, 0.1) is 0 Å². The van der Waals surface area contributed by atoms with Gasteiger partial charge in [0, 0.05) is 24.4 Å². The Morgan fingerprint density at radius 2 is 1.78 bits per heavy atom. The first-order valence-corrected chi connectivity index (χ1v) is 8.70. The summed E-state index contributed by atoms with van der Waals surface area (Å²) in [7, 11) is 0. The van der Waals surface area contributed by atoms with Gasteiger partial charge in [0.1, 0.15) is 0 Å². The molecule has 0 bridgehead atoms. The van der Waals surface area contributed by atoms with E-state index in [4.69, 9.17) is 5.73 Å². The van der Waals surface area contributed by atoms with Gasteiger partial charge in [-0.05, 0) is 51.3 Å². The van der Waals surface area contributed by atoms with E-state index < -0.39 is 0 Å². The Bertz CT molecular complexity index is 546. The zero-order chi connectivity index (χ0) is 16.2. The Hall–Kier alpha value is -1.20. The van der Waals surface area contributed by atoms with E-state index in [1.165, 1.54) is 11.8 Å². The first-order valence-electron chi connectivity index (χ1n) is 7.71. The van der Waals surface area contributed by atoms with Gasteiger partial charge in [0.25, 0.3) is 5.91 Å². The number of amidine groups is 1. The summed E-state index contributed by atoms with van der Waals surface area (Å²) in [5.41, 5.74) is 7.69. The average Bonchev–Trinajstić information content (AvgIpc) is 2.97. The number of hydrogen-bond acceptors (Lipinski definition) is 3. The highest BCUT2D eigenvalue weighted by atomic mass is 35.5. The highest BCUT2D eigenvalue weighted by Crippen LogP contribution is 2.18. The summed E-state index contributed by atoms with van der Waals surface area (Å²) in [4.78, 5) is 18.6. The van der Waals surface area contributed by atoms with Gasteiger partial charge in [-0.2, -0.15) is 0 Å². The van der Waals surface area contributed by atoms with E-state index >= 15 is 0 Å². The number of halogens is 1. The molecule has 6 heteroatoms. The van der Waals surface area contributed by atoms with Gasteiger partial charge >= 0.3 is 0 Å². The molecule has 23 heavy (non-hydrogen) atoms. The Morgan fingerprint density at radius 1 is 1.22 bits per heavy atom. The molecule has 2 N–H and O–H groups in total. The summed E-state index contributed by atoms with van der Waals surface area (Å²) < 4.78 is 0. The maximum atomic E-state index is 12.3. The summed E-state index contributed by atoms with van der Waals surface area (Å²) in [5, 5.41) is 0.602. The van der Waals surface area contributed by atoms with Crippen molar-refractivity contribution in [1.82, 2.24) is 4.90 Å². The van der Waals surface area contributed by atoms with E-state index in [9.17, 15) is 4.79 Å². The number of nitrogens with two attached hydrogens (primary N) is 1. The van der Waals surface area contributed by atoms with Crippen molar-refractivity contribution in [3.05, 3.63) is 35.4 Å². The van der Waals surface area contributed by atoms with Crippen LogP contribution in [0.25, 0.3) is 0 Å². The van der Waals surface area contributed by atoms with Gasteiger partial charge < -0.3 is 10.6 Å². The van der Waals surface area contributed by atoms with E-state index in [0.29, 0.717) is 5.17 Å². The Balaban J connectivity index is 0.00000264. The molecule has 1 heterocycles. The first kappa shape index (κ1) is 19.8. The summed E-state index contributed by atoms with van der Waals surface area (Å²) in [6.07, 6.45) is 2.24. The van der Waals surface area contributed by atoms with Crippen molar-refractivity contribution in [2.75, 3.05) is 13.1 Å². The molecule has 1 amide bonds. The third-order valence-corrected chi connectivity index (χ3v) is 4.29. The minimum Gasteiger partial charge on any atom is -0.379 e. The predicted molar refractivity (Wildman–Crippen MR) is 101 cm³/mol. The molecule has 0 saturated carbocycles. The molecule has 0 aliphatic carbocycles. The molecule has 0 spiro atoms. The number of hydrogen-bond donors (Lipinski definition) is 1. The van der Waals surface area contributed by atoms with Crippen molar-refractivity contribution in [3.63, 3.8) is 0 Å². The number of carbonyl (C=O) groups excluding carboxylic acids is 1. The largest absolute Gasteiger partial charge is 0.379 e. The molecule has 0 atom stereocenters. The van der Waals surface area contributed by atoms with Crippen molar-refractivity contribution < 1.29 is 4.79 Å². The fraction of sp³-hybridized carbons (Fsp3) is 0.529. The molecule has 0 radical (unpaired) electrons. The van der Waals surface area contributed by atoms with Gasteiger partial charge in [0.2, 0.25) is 0 Å². The summed E-state index contributed by atoms with van der Waals surface area (Å²) >= 11 is 1.53. The van der Waals surface area contributed by atoms with Crippen LogP contribution in [0.5, 0.6) is 0 Å². The lowest BCUT2D eigenvalue weighted by Crippen LogP contribution is -2.27. The second kappa shape index (κ2) is 8.60. The molecule has 0 aromatic heterocycles. The second-order valence-corrected chi connectivity index (χ2v) is 7.60. The van der Waals surface area contributed by atoms with Gasteiger partial charge in [-0.15, -0.1) is 12.4 Å². The number of amides is 1. The molecule has 1 saturated heterocycles. The molecular weight excluding hydrogens is 330 g/mol. The molecule has 128 valence electrons. The Morgan fingerprint density at radius 3 is 2.30 bits per heavy atom. The van der Waals surface area contributed by atoms with Crippen molar-refractivity contribution in [3.8, 4) is 0 Å². The van der Waals surface area contributed by atoms with Crippen molar-refractivity contribution in [2.45, 2.75) is 44.9 Å². The fourth-order valence-corrected chi connectivity index (χ4v) is 3.21. The number of carbonyl (C=O) groups is 1. The van der Waals surface area contributed by atoms with Gasteiger partial charge in [-0.1, -0.05) is 23.9 Å². The second-order valence-electron chi connectivity index (χ2n) is 6.61. The average molecular weight is 356 g/mol. The predicted octanol–water partition coefficient (Wildman–Crippen LogP) is 3.69. The lowest BCUT2D eigenvalue weighted by Gasteiger charge is -2.15. The lowest BCUT2D eigenvalue weighted by molar-refractivity contribution is 0.0793. The molecule has 4 nitrogen and oxygen atoms in total. The van der Waals surface area contributed by atoms with E-state index in [1.807, 2.05) is 49.9 Å². The van der Waals surface area contributed by atoms with E-state index in [2.05, 4.69) is 4.99 Å². The van der Waals surface area contributed by atoms with Gasteiger partial charge in [0.05, 0.1) is 5.54 Å². The first-order chi connectivity index (χ1) is 10.3. The van der Waals surface area contributed by atoms with E-state index in [1.54, 1.807) is 0 Å². The third-order valence-electron chi connectivity index (χ3n) is 3.43. The number of thioether (sulfide) groups is 1. The highest BCUT2D eigenvalue weighted by molar-refractivity contribution is 8.13. The molecule has 1 aromatic rings. The van der Waals surface area contributed by atoms with Gasteiger partial charge in [0.15, 0.2) is 5.17 Å². The van der Waals surface area contributed by atoms with Crippen LogP contribution in [-0.4, -0.2) is 34.6 Å². The lowest BCUT2D eigenvalue weighted by atomic mass is 10.1. The summed E-state index contributed by atoms with van der Waals surface area (Å²) in [5.74, 6) is 0.911. The molecule has 1 fully saturated rings. The summed E-state index contributed by atoms with van der Waals surface area (Å²) in [6, 6.07) is 7.82. The van der Waals surface area contributed by atoms with Crippen molar-refractivity contribution in [1.29, 1.82) is 0 Å². The fourth-order valence-electron chi connectivity index (χ4n) is 2.37. The Kier molecular flexibility index (Phi) is 7.42. The van der Waals surface area contributed by atoms with Gasteiger partial charge in [-0.25, -0.2) is 0 Å². The minimum absolute atomic E-state index is 0. The molecule has 2 rings (SSSR count). The van der Waals surface area contributed by atoms with Crippen LogP contribution in [0.1, 0.15) is 49.5 Å². The highest BCUT2D eigenvalue weighted by Gasteiger charge is 2.19. The zero-order valence-electron chi connectivity index (χ0n) is 14.0. The number of benzene rings is 1. The molecule has 0 unspecified atom stereocenters. The van der Waals surface area contributed by atoms with Crippen LogP contribution in [0.15, 0.2) is 29.3 Å². The third kappa shape index (κ3) is 6.43. The SMILES string of the molecule is CC(C)(C)N=C(N)SCc1ccc(C(=O)N2CCCC2)cc1.Cl. The van der Waals surface area contributed by atoms with Crippen molar-refractivity contribution >= 4 is 35.2 Å². The standard InChI is InChI=1S/C17H25N3OS.ClH/c1-17(2,3)19-16(18)22-12-13-6-8-14(9-7-13)15(21)20-10-4-5-11-20;/h6-9H,4-5,10-12H2,1-3H3,(H2,18,19);1H. The maximum absolute atomic E-state index is 12.3. The molecule has 1 aromatic carbocycles. The number of aliphatic imine (C=N–C) groups is 1. The number of likely N-dealkylation sites (tertiary alicyclic amines) is 1. The normalized spacial score (nSPS) is 15.4. The monoisotopic (exact) mass is 355 g/mol. The Labute approximate surface area is 149 Å². The van der Waals surface area contributed by atoms with Crippen LogP contribution in [0.2, 0.25) is 0 Å². The van der Waals surface area contributed by atoms with Crippen LogP contribution < -0.4 is 5.73 Å². The smallest absolute Gasteiger partial charge is 0.253 e. The summed E-state index contributed by atoms with van der Waals surface area (Å²) in [6.45, 7) is 7.85. The minimum atomic E-state index is -0.150. The van der Waals surface area contributed by atoms with Crippen LogP contribution in [-0.2, 0) is 5.75 Å². The quantitative estimate of drug-likeness (QED) is 0.664. The molecule has 1 aliphatic heterocycles. The van der Waals surface area contributed by atoms with Crippen LogP contribution >= 0.6 is 24.2 Å². The molecular formula is C17H26ClN3OS. The van der Waals surface area contributed by atoms with Gasteiger partial charge in [-0.3, -0.25) is 9.79 Å². The van der Waals surface area contributed by atoms with Crippen LogP contribution in [0.4, 0.5) is 0 Å². The van der Waals surface area contributed by atoms with E-state index in [-0.39, 0.29) is 23.9 Å². The molecule has 1 aliphatic rings. The van der Waals surface area contributed by atoms with Crippen LogP contribution in [0.3, 0.4) is 0 Å².